The number of hydrogen-bond acceptors (Lipinski definition) is 0. The lowest BCUT2D eigenvalue weighted by Crippen LogP contribution is -1.65. The topological polar surface area (TPSA) is 0 Å². The molecule has 0 fully saturated rings. The van der Waals surface area contributed by atoms with Crippen LogP contribution in [0.5, 0.6) is 0 Å². The fraction of sp³-hybridized carbons (Fsp3) is 1.00. The van der Waals surface area contributed by atoms with E-state index in [4.69, 9.17) is 0 Å². The van der Waals surface area contributed by atoms with Gasteiger partial charge in [-0.2, -0.15) is 39.5 Å². The van der Waals surface area contributed by atoms with Gasteiger partial charge < -0.3 is 0 Å². The first-order valence-corrected chi connectivity index (χ1v) is 1.96. The Morgan fingerprint density at radius 2 is 0.385 bits per heavy atom. The molecule has 0 radical (unpaired) electrons. The van der Waals surface area contributed by atoms with E-state index < -0.39 is 20.0 Å². The molecule has 0 aliphatic carbocycles. The van der Waals surface area contributed by atoms with Gasteiger partial charge in [-0.15, -0.1) is 0 Å². The molecule has 13 heavy (non-hydrogen) atoms. The first-order chi connectivity index (χ1) is 5.20. The number of halogens is 9. The van der Waals surface area contributed by atoms with Crippen LogP contribution in [0.25, 0.3) is 0 Å². The standard InChI is InChI=1S/3CHF3.CH4/c3*2-1(3)4;/h3*1H;1H4. The third-order valence-corrected chi connectivity index (χ3v) is 0. The van der Waals surface area contributed by atoms with Crippen LogP contribution in [-0.4, -0.2) is 20.0 Å². The van der Waals surface area contributed by atoms with Gasteiger partial charge in [0.2, 0.25) is 0 Å². The van der Waals surface area contributed by atoms with Crippen LogP contribution < -0.4 is 0 Å². The molecule has 0 amide bonds. The molecule has 0 aromatic rings. The quantitative estimate of drug-likeness (QED) is 0.543. The second-order valence-electron chi connectivity index (χ2n) is 0.742. The molecule has 0 heterocycles. The Balaban J connectivity index is -0.0000000450. The van der Waals surface area contributed by atoms with Crippen molar-refractivity contribution in [3.8, 4) is 0 Å². The van der Waals surface area contributed by atoms with Gasteiger partial charge in [-0.05, 0) is 0 Å². The molecule has 0 aliphatic rings. The molecule has 0 rings (SSSR count). The van der Waals surface area contributed by atoms with Crippen LogP contribution in [0, 0.1) is 0 Å². The molecule has 86 valence electrons. The van der Waals surface area contributed by atoms with Crippen molar-refractivity contribution in [1.82, 2.24) is 0 Å². The Labute approximate surface area is 68.3 Å². The summed E-state index contributed by atoms with van der Waals surface area (Å²) >= 11 is 0. The molecule has 0 nitrogen and oxygen atoms in total. The van der Waals surface area contributed by atoms with E-state index in [1.165, 1.54) is 0 Å². The molecule has 0 N–H and O–H groups in total. The summed E-state index contributed by atoms with van der Waals surface area (Å²) < 4.78 is 87.0. The molecule has 0 atom stereocenters. The van der Waals surface area contributed by atoms with E-state index in [1.54, 1.807) is 0 Å². The molecule has 0 aliphatic heterocycles. The smallest absolute Gasteiger partial charge is 0.174 e. The van der Waals surface area contributed by atoms with Crippen molar-refractivity contribution in [3.63, 3.8) is 0 Å². The fourth-order valence-corrected chi connectivity index (χ4v) is 0. The van der Waals surface area contributed by atoms with Gasteiger partial charge in [-0.25, -0.2) is 0 Å². The normalized spacial score (nSPS) is 8.31. The predicted octanol–water partition coefficient (Wildman–Crippen LogP) is 4.17. The molecule has 0 bridgehead atoms. The highest BCUT2D eigenvalue weighted by Crippen LogP contribution is 1.88. The van der Waals surface area contributed by atoms with Gasteiger partial charge in [0, 0.05) is 0 Å². The highest BCUT2D eigenvalue weighted by Gasteiger charge is 1.86. The molecule has 0 saturated heterocycles. The van der Waals surface area contributed by atoms with Crippen LogP contribution in [0.3, 0.4) is 0 Å². The van der Waals surface area contributed by atoms with Crippen molar-refractivity contribution >= 4 is 0 Å². The van der Waals surface area contributed by atoms with Gasteiger partial charge in [0.05, 0.1) is 0 Å². The monoisotopic (exact) mass is 226 g/mol. The predicted molar refractivity (Wildman–Crippen MR) is 28.1 cm³/mol. The van der Waals surface area contributed by atoms with E-state index in [-0.39, 0.29) is 7.43 Å². The Kier molecular flexibility index (Phi) is 30.6. The third kappa shape index (κ3) is 2520. The first-order valence-electron chi connectivity index (χ1n) is 1.96. The molecular weight excluding hydrogens is 219 g/mol. The van der Waals surface area contributed by atoms with Crippen LogP contribution >= 0.6 is 0 Å². The zero-order valence-corrected chi connectivity index (χ0v) is 5.13. The number of alkyl halides is 9. The van der Waals surface area contributed by atoms with Crippen LogP contribution in [0.4, 0.5) is 39.5 Å². The molecule has 0 aromatic heterocycles. The first kappa shape index (κ1) is 22.8. The summed E-state index contributed by atoms with van der Waals surface area (Å²) in [6.07, 6.45) is 0. The summed E-state index contributed by atoms with van der Waals surface area (Å²) in [4.78, 5) is 0. The summed E-state index contributed by atoms with van der Waals surface area (Å²) in [7, 11) is 0. The second-order valence-corrected chi connectivity index (χ2v) is 0.742. The highest BCUT2D eigenvalue weighted by molar-refractivity contribution is 3.84. The summed E-state index contributed by atoms with van der Waals surface area (Å²) in [5, 5.41) is 0. The maximum absolute atomic E-state index is 9.67. The Morgan fingerprint density at radius 3 is 0.385 bits per heavy atom. The van der Waals surface area contributed by atoms with E-state index in [2.05, 4.69) is 0 Å². The molecular formula is C4H7F9. The minimum absolute atomic E-state index is 0. The highest BCUT2D eigenvalue weighted by atomic mass is 19.4. The van der Waals surface area contributed by atoms with Gasteiger partial charge in [0.25, 0.3) is 0 Å². The fourth-order valence-electron chi connectivity index (χ4n) is 0. The largest absolute Gasteiger partial charge is 0.379 e. The van der Waals surface area contributed by atoms with Gasteiger partial charge in [-0.1, -0.05) is 7.43 Å². The molecule has 0 aromatic carbocycles. The van der Waals surface area contributed by atoms with Gasteiger partial charge in [-0.3, -0.25) is 0 Å². The Bertz CT molecular complexity index is 40.1. The van der Waals surface area contributed by atoms with E-state index >= 15 is 0 Å². The lowest BCUT2D eigenvalue weighted by molar-refractivity contribution is 0.00734. The maximum Gasteiger partial charge on any atom is 0.379 e. The minimum Gasteiger partial charge on any atom is -0.174 e. The molecule has 9 heteroatoms. The Morgan fingerprint density at radius 1 is 0.385 bits per heavy atom. The number of rotatable bonds is 0. The summed E-state index contributed by atoms with van der Waals surface area (Å²) in [6.45, 7) is -11.0. The average molecular weight is 226 g/mol. The summed E-state index contributed by atoms with van der Waals surface area (Å²) in [5.74, 6) is 0. The van der Waals surface area contributed by atoms with E-state index in [1.807, 2.05) is 0 Å². The summed E-state index contributed by atoms with van der Waals surface area (Å²) in [6, 6.07) is 0. The lowest BCUT2D eigenvalue weighted by atomic mass is 11.6. The minimum atomic E-state index is -3.67. The number of hydrogen-bond donors (Lipinski definition) is 0. The SMILES string of the molecule is C.FC(F)F.FC(F)F.FC(F)F. The third-order valence-electron chi connectivity index (χ3n) is 0. The van der Waals surface area contributed by atoms with Crippen molar-refractivity contribution in [3.05, 3.63) is 0 Å². The van der Waals surface area contributed by atoms with Gasteiger partial charge in [0.15, 0.2) is 0 Å². The van der Waals surface area contributed by atoms with Crippen molar-refractivity contribution in [2.45, 2.75) is 27.5 Å². The van der Waals surface area contributed by atoms with Crippen LogP contribution in [0.15, 0.2) is 0 Å². The van der Waals surface area contributed by atoms with Crippen molar-refractivity contribution in [1.29, 1.82) is 0 Å². The van der Waals surface area contributed by atoms with E-state index in [0.29, 0.717) is 0 Å². The second kappa shape index (κ2) is 17.5. The van der Waals surface area contributed by atoms with Gasteiger partial charge in [0.1, 0.15) is 0 Å². The van der Waals surface area contributed by atoms with Crippen LogP contribution in [-0.2, 0) is 0 Å². The lowest BCUT2D eigenvalue weighted by Gasteiger charge is -1.65. The van der Waals surface area contributed by atoms with E-state index in [0.717, 1.165) is 0 Å². The summed E-state index contributed by atoms with van der Waals surface area (Å²) in [5.41, 5.74) is 0. The molecule has 0 unspecified atom stereocenters. The van der Waals surface area contributed by atoms with Crippen LogP contribution in [0.1, 0.15) is 7.43 Å². The van der Waals surface area contributed by atoms with Crippen molar-refractivity contribution in [2.24, 2.45) is 0 Å². The maximum atomic E-state index is 9.67. The van der Waals surface area contributed by atoms with Gasteiger partial charge >= 0.3 is 20.0 Å². The average Bonchev–Trinajstić information content (AvgIpc) is 1.54. The van der Waals surface area contributed by atoms with E-state index in [9.17, 15) is 39.5 Å². The molecule has 0 saturated carbocycles. The van der Waals surface area contributed by atoms with Crippen molar-refractivity contribution in [2.75, 3.05) is 0 Å². The zero-order chi connectivity index (χ0) is 10.7. The van der Waals surface area contributed by atoms with Crippen molar-refractivity contribution < 1.29 is 39.5 Å². The Hall–Kier alpha value is -0.630. The van der Waals surface area contributed by atoms with Crippen LogP contribution in [0.2, 0.25) is 0 Å². The molecule has 0 spiro atoms. The zero-order valence-electron chi connectivity index (χ0n) is 5.13.